The van der Waals surface area contributed by atoms with Crippen molar-refractivity contribution in [3.63, 3.8) is 0 Å². The number of carbonyl (C=O) groups excluding carboxylic acids is 2. The molecule has 2 amide bonds. The molecule has 1 aromatic carbocycles. The van der Waals surface area contributed by atoms with E-state index in [1.807, 2.05) is 11.0 Å². The summed E-state index contributed by atoms with van der Waals surface area (Å²) in [6.07, 6.45) is 4.54. The number of benzene rings is 1. The molecule has 0 bridgehead atoms. The summed E-state index contributed by atoms with van der Waals surface area (Å²) in [7, 11) is 0. The van der Waals surface area contributed by atoms with E-state index in [2.05, 4.69) is 9.97 Å². The van der Waals surface area contributed by atoms with Crippen LogP contribution in [-0.2, 0) is 16.1 Å². The van der Waals surface area contributed by atoms with Crippen LogP contribution in [0.4, 0.5) is 0 Å². The van der Waals surface area contributed by atoms with Gasteiger partial charge in [-0.3, -0.25) is 9.59 Å². The molecule has 1 aromatic heterocycles. The number of carbonyl (C=O) groups is 2. The average Bonchev–Trinajstić information content (AvgIpc) is 3.15. The van der Waals surface area contributed by atoms with E-state index < -0.39 is 0 Å². The Morgan fingerprint density at radius 3 is 3.04 bits per heavy atom. The predicted molar refractivity (Wildman–Crippen MR) is 99.0 cm³/mol. The number of fused-ring (bicyclic) bond motifs is 1. The van der Waals surface area contributed by atoms with Crippen molar-refractivity contribution in [2.24, 2.45) is 0 Å². The van der Waals surface area contributed by atoms with Crippen molar-refractivity contribution in [1.82, 2.24) is 19.8 Å². The van der Waals surface area contributed by atoms with Gasteiger partial charge in [0.15, 0.2) is 0 Å². The molecule has 1 fully saturated rings. The van der Waals surface area contributed by atoms with Crippen molar-refractivity contribution >= 4 is 11.8 Å². The molecular weight excluding hydrogens is 344 g/mol. The van der Waals surface area contributed by atoms with Gasteiger partial charge in [-0.05, 0) is 30.5 Å². The number of aromatic amines is 1. The van der Waals surface area contributed by atoms with Crippen LogP contribution in [0.5, 0.6) is 5.75 Å². The number of nitrogens with zero attached hydrogens (tertiary/aromatic N) is 3. The number of phenols is 1. The number of aromatic hydroxyl groups is 1. The van der Waals surface area contributed by atoms with E-state index in [1.54, 1.807) is 29.4 Å². The van der Waals surface area contributed by atoms with E-state index >= 15 is 0 Å². The number of nitrogens with one attached hydrogen (secondary N) is 1. The summed E-state index contributed by atoms with van der Waals surface area (Å²) < 4.78 is 0. The van der Waals surface area contributed by atoms with Crippen molar-refractivity contribution in [3.8, 4) is 5.75 Å². The second-order valence-electron chi connectivity index (χ2n) is 7.28. The largest absolute Gasteiger partial charge is 0.508 e. The van der Waals surface area contributed by atoms with Gasteiger partial charge >= 0.3 is 0 Å². The lowest BCUT2D eigenvalue weighted by atomic mass is 9.90. The van der Waals surface area contributed by atoms with Crippen LogP contribution in [0, 0.1) is 0 Å². The summed E-state index contributed by atoms with van der Waals surface area (Å²) in [6.45, 7) is 2.26. The number of H-pyrrole nitrogens is 1. The van der Waals surface area contributed by atoms with Gasteiger partial charge in [-0.2, -0.15) is 0 Å². The van der Waals surface area contributed by atoms with E-state index in [9.17, 15) is 14.7 Å². The Morgan fingerprint density at radius 1 is 1.33 bits per heavy atom. The van der Waals surface area contributed by atoms with Crippen molar-refractivity contribution in [1.29, 1.82) is 0 Å². The Bertz CT molecular complexity index is 847. The van der Waals surface area contributed by atoms with Gasteiger partial charge in [-0.25, -0.2) is 4.98 Å². The Balaban J connectivity index is 1.47. The zero-order chi connectivity index (χ0) is 18.8. The molecule has 2 N–H and O–H groups in total. The molecule has 0 aliphatic carbocycles. The molecule has 1 saturated heterocycles. The van der Waals surface area contributed by atoms with Gasteiger partial charge in [0, 0.05) is 38.4 Å². The first-order chi connectivity index (χ1) is 13.1. The second-order valence-corrected chi connectivity index (χ2v) is 7.28. The van der Waals surface area contributed by atoms with Crippen LogP contribution in [0.2, 0.25) is 0 Å². The number of hydrogen-bond donors (Lipinski definition) is 2. The van der Waals surface area contributed by atoms with Crippen molar-refractivity contribution in [2.45, 2.75) is 38.1 Å². The molecule has 142 valence electrons. The number of rotatable bonds is 4. The third-order valence-corrected chi connectivity index (χ3v) is 5.48. The molecular formula is C20H24N4O3. The number of amides is 2. The van der Waals surface area contributed by atoms with Crippen molar-refractivity contribution in [2.75, 3.05) is 19.6 Å². The van der Waals surface area contributed by atoms with Gasteiger partial charge in [-0.1, -0.05) is 12.1 Å². The molecule has 4 rings (SSSR count). The molecule has 2 aliphatic heterocycles. The molecule has 1 atom stereocenters. The number of aromatic nitrogens is 2. The minimum Gasteiger partial charge on any atom is -0.508 e. The smallest absolute Gasteiger partial charge is 0.224 e. The summed E-state index contributed by atoms with van der Waals surface area (Å²) in [5.74, 6) is 0.323. The van der Waals surface area contributed by atoms with Crippen LogP contribution in [-0.4, -0.2) is 56.3 Å². The molecule has 7 heteroatoms. The molecule has 2 aliphatic rings. The summed E-state index contributed by atoms with van der Waals surface area (Å²) in [4.78, 5) is 36.0. The standard InChI is InChI=1S/C20H24N4O3/c25-15-5-3-4-14(10-15)16-11-24(12-17-20(16)22-13-21-17)19(27)7-9-23-8-2-1-6-18(23)26/h3-5,10,13,16,25H,1-2,6-9,11-12H2,(H,21,22). The van der Waals surface area contributed by atoms with Gasteiger partial charge in [0.2, 0.25) is 11.8 Å². The molecule has 3 heterocycles. The minimum atomic E-state index is -0.0762. The lowest BCUT2D eigenvalue weighted by molar-refractivity contribution is -0.136. The highest BCUT2D eigenvalue weighted by Gasteiger charge is 2.31. The molecule has 1 unspecified atom stereocenters. The van der Waals surface area contributed by atoms with E-state index in [1.165, 1.54) is 0 Å². The topological polar surface area (TPSA) is 89.5 Å². The van der Waals surface area contributed by atoms with Crippen LogP contribution < -0.4 is 0 Å². The summed E-state index contributed by atoms with van der Waals surface area (Å²) >= 11 is 0. The highest BCUT2D eigenvalue weighted by atomic mass is 16.3. The molecule has 7 nitrogen and oxygen atoms in total. The predicted octanol–water partition coefficient (Wildman–Crippen LogP) is 1.99. The minimum absolute atomic E-state index is 0.0405. The van der Waals surface area contributed by atoms with Gasteiger partial charge in [0.1, 0.15) is 5.75 Å². The van der Waals surface area contributed by atoms with Gasteiger partial charge in [-0.15, -0.1) is 0 Å². The van der Waals surface area contributed by atoms with Gasteiger partial charge in [0.05, 0.1) is 24.3 Å². The summed E-state index contributed by atoms with van der Waals surface area (Å²) in [5, 5.41) is 9.82. The maximum Gasteiger partial charge on any atom is 0.224 e. The maximum atomic E-state index is 12.8. The van der Waals surface area contributed by atoms with E-state index in [4.69, 9.17) is 0 Å². The van der Waals surface area contributed by atoms with E-state index in [0.29, 0.717) is 32.5 Å². The fourth-order valence-electron chi connectivity index (χ4n) is 4.00. The molecule has 0 spiro atoms. The van der Waals surface area contributed by atoms with Gasteiger partial charge < -0.3 is 19.9 Å². The zero-order valence-electron chi connectivity index (χ0n) is 15.2. The number of likely N-dealkylation sites (tertiary alicyclic amines) is 1. The third kappa shape index (κ3) is 3.67. The molecule has 0 radical (unpaired) electrons. The molecule has 0 saturated carbocycles. The Hall–Kier alpha value is -2.83. The van der Waals surface area contributed by atoms with Crippen molar-refractivity contribution in [3.05, 3.63) is 47.5 Å². The van der Waals surface area contributed by atoms with Crippen molar-refractivity contribution < 1.29 is 14.7 Å². The monoisotopic (exact) mass is 368 g/mol. The van der Waals surface area contributed by atoms with Crippen LogP contribution in [0.25, 0.3) is 0 Å². The summed E-state index contributed by atoms with van der Waals surface area (Å²) in [6, 6.07) is 7.11. The number of hydrogen-bond acceptors (Lipinski definition) is 4. The number of piperidine rings is 1. The van der Waals surface area contributed by atoms with Crippen LogP contribution >= 0.6 is 0 Å². The quantitative estimate of drug-likeness (QED) is 0.864. The second kappa shape index (κ2) is 7.42. The molecule has 2 aromatic rings. The Labute approximate surface area is 158 Å². The lowest BCUT2D eigenvalue weighted by Gasteiger charge is -2.33. The first-order valence-electron chi connectivity index (χ1n) is 9.48. The highest BCUT2D eigenvalue weighted by molar-refractivity contribution is 5.79. The third-order valence-electron chi connectivity index (χ3n) is 5.48. The molecule has 27 heavy (non-hydrogen) atoms. The van der Waals surface area contributed by atoms with E-state index in [0.717, 1.165) is 36.3 Å². The maximum absolute atomic E-state index is 12.8. The Kier molecular flexibility index (Phi) is 4.83. The first-order valence-corrected chi connectivity index (χ1v) is 9.48. The normalized spacial score (nSPS) is 19.9. The highest BCUT2D eigenvalue weighted by Crippen LogP contribution is 2.33. The fraction of sp³-hybridized carbons (Fsp3) is 0.450. The van der Waals surface area contributed by atoms with E-state index in [-0.39, 0.29) is 23.5 Å². The SMILES string of the molecule is O=C1CCCCN1CCC(=O)N1Cc2[nH]cnc2C(c2cccc(O)c2)C1. The average molecular weight is 368 g/mol. The fourth-order valence-corrected chi connectivity index (χ4v) is 4.00. The van der Waals surface area contributed by atoms with Crippen LogP contribution in [0.15, 0.2) is 30.6 Å². The zero-order valence-corrected chi connectivity index (χ0v) is 15.2. The van der Waals surface area contributed by atoms with Crippen LogP contribution in [0.3, 0.4) is 0 Å². The lowest BCUT2D eigenvalue weighted by Crippen LogP contribution is -2.42. The summed E-state index contributed by atoms with van der Waals surface area (Å²) in [5.41, 5.74) is 2.79. The first kappa shape index (κ1) is 17.6. The Morgan fingerprint density at radius 2 is 2.22 bits per heavy atom. The number of imidazole rings is 1. The number of phenolic OH excluding ortho intramolecular Hbond substituents is 1. The van der Waals surface area contributed by atoms with Crippen LogP contribution in [0.1, 0.15) is 48.6 Å². The van der Waals surface area contributed by atoms with Gasteiger partial charge in [0.25, 0.3) is 0 Å².